The minimum absolute atomic E-state index is 0. The van der Waals surface area contributed by atoms with Gasteiger partial charge in [-0.25, -0.2) is 9.38 Å². The molecule has 28 heavy (non-hydrogen) atoms. The first-order valence-electron chi connectivity index (χ1n) is 8.02. The second kappa shape index (κ2) is 9.56. The molecule has 0 radical (unpaired) electrons. The highest BCUT2D eigenvalue weighted by Gasteiger charge is 2.11. The second-order valence-electron chi connectivity index (χ2n) is 5.98. The predicted octanol–water partition coefficient (Wildman–Crippen LogP) is 5.68. The fraction of sp³-hybridized carbons (Fsp3) is 0.158. The molecule has 1 N–H and O–H groups in total. The smallest absolute Gasteiger partial charge is 0.230 e. The van der Waals surface area contributed by atoms with Crippen LogP contribution in [0.5, 0.6) is 0 Å². The van der Waals surface area contributed by atoms with E-state index in [-0.39, 0.29) is 30.4 Å². The summed E-state index contributed by atoms with van der Waals surface area (Å²) in [6, 6.07) is 9.75. The minimum atomic E-state index is -0.496. The van der Waals surface area contributed by atoms with Gasteiger partial charge in [0.25, 0.3) is 0 Å². The first-order valence-corrected chi connectivity index (χ1v) is 9.66. The molecule has 0 aliphatic heterocycles. The monoisotopic (exact) mass is 459 g/mol. The number of amides is 1. The summed E-state index contributed by atoms with van der Waals surface area (Å²) in [6.07, 6.45) is 0.149. The van der Waals surface area contributed by atoms with Gasteiger partial charge < -0.3 is 9.88 Å². The first kappa shape index (κ1) is 22.4. The van der Waals surface area contributed by atoms with Crippen LogP contribution in [0.2, 0.25) is 10.0 Å². The number of hydrogen-bond donors (Lipinski definition) is 1. The van der Waals surface area contributed by atoms with E-state index in [0.717, 1.165) is 11.3 Å². The number of nitrogens with zero attached hydrogens (tertiary/aromatic N) is 2. The lowest BCUT2D eigenvalue weighted by molar-refractivity contribution is -0.115. The molecule has 0 aliphatic carbocycles. The molecule has 0 saturated heterocycles. The largest absolute Gasteiger partial charge is 0.324 e. The van der Waals surface area contributed by atoms with Gasteiger partial charge in [-0.15, -0.1) is 23.7 Å². The number of rotatable bonds is 4. The summed E-state index contributed by atoms with van der Waals surface area (Å²) in [5, 5.41) is 5.43. The van der Waals surface area contributed by atoms with Crippen LogP contribution in [0.25, 0.3) is 0 Å². The Morgan fingerprint density at radius 2 is 2.00 bits per heavy atom. The van der Waals surface area contributed by atoms with Crippen molar-refractivity contribution in [3.05, 3.63) is 73.7 Å². The second-order valence-corrected chi connectivity index (χ2v) is 7.66. The van der Waals surface area contributed by atoms with E-state index in [1.165, 1.54) is 23.5 Å². The number of benzene rings is 2. The van der Waals surface area contributed by atoms with Crippen LogP contribution in [0.3, 0.4) is 0 Å². The van der Waals surface area contributed by atoms with E-state index < -0.39 is 5.82 Å². The molecule has 3 aromatic rings. The van der Waals surface area contributed by atoms with Crippen molar-refractivity contribution in [3.8, 4) is 0 Å². The maximum atomic E-state index is 13.9. The Morgan fingerprint density at radius 1 is 1.25 bits per heavy atom. The van der Waals surface area contributed by atoms with Gasteiger partial charge in [0.1, 0.15) is 11.5 Å². The Kier molecular flexibility index (Phi) is 7.66. The Labute approximate surface area is 182 Å². The summed E-state index contributed by atoms with van der Waals surface area (Å²) >= 11 is 13.2. The van der Waals surface area contributed by atoms with E-state index in [9.17, 15) is 9.18 Å². The molecule has 0 spiro atoms. The topological polar surface area (TPSA) is 46.4 Å². The van der Waals surface area contributed by atoms with Crippen LogP contribution in [-0.4, -0.2) is 10.5 Å². The van der Waals surface area contributed by atoms with Gasteiger partial charge in [0.15, 0.2) is 4.80 Å². The lowest BCUT2D eigenvalue weighted by Crippen LogP contribution is -2.19. The summed E-state index contributed by atoms with van der Waals surface area (Å²) in [5.41, 5.74) is 2.54. The summed E-state index contributed by atoms with van der Waals surface area (Å²) in [6.45, 7) is 1.93. The molecular formula is C19H17Cl3FN3OS. The summed E-state index contributed by atoms with van der Waals surface area (Å²) < 4.78 is 15.7. The molecular weight excluding hydrogens is 444 g/mol. The zero-order chi connectivity index (χ0) is 19.6. The Bertz CT molecular complexity index is 1080. The van der Waals surface area contributed by atoms with E-state index in [1.54, 1.807) is 29.8 Å². The number of nitrogens with one attached hydrogen (secondary N) is 1. The predicted molar refractivity (Wildman–Crippen MR) is 116 cm³/mol. The van der Waals surface area contributed by atoms with Crippen LogP contribution in [0.4, 0.5) is 15.8 Å². The van der Waals surface area contributed by atoms with Crippen LogP contribution in [0.1, 0.15) is 11.3 Å². The summed E-state index contributed by atoms with van der Waals surface area (Å²) in [5.74, 6) is -0.692. The van der Waals surface area contributed by atoms with Crippen molar-refractivity contribution in [2.24, 2.45) is 12.0 Å². The van der Waals surface area contributed by atoms with E-state index in [0.29, 0.717) is 20.5 Å². The molecule has 0 bridgehead atoms. The van der Waals surface area contributed by atoms with Gasteiger partial charge in [0.2, 0.25) is 5.91 Å². The van der Waals surface area contributed by atoms with Crippen molar-refractivity contribution in [1.29, 1.82) is 0 Å². The number of carbonyl (C=O) groups excluding carboxylic acids is 1. The van der Waals surface area contributed by atoms with Gasteiger partial charge >= 0.3 is 0 Å². The van der Waals surface area contributed by atoms with Gasteiger partial charge in [-0.2, -0.15) is 0 Å². The fourth-order valence-corrected chi connectivity index (χ4v) is 3.77. The number of aryl methyl sites for hydroxylation is 1. The third-order valence-electron chi connectivity index (χ3n) is 3.88. The lowest BCUT2D eigenvalue weighted by atomic mass is 10.2. The molecule has 0 fully saturated rings. The fourth-order valence-electron chi connectivity index (χ4n) is 2.42. The van der Waals surface area contributed by atoms with Crippen LogP contribution < -0.4 is 10.1 Å². The van der Waals surface area contributed by atoms with Crippen LogP contribution in [0.15, 0.2) is 46.8 Å². The van der Waals surface area contributed by atoms with E-state index in [1.807, 2.05) is 18.4 Å². The zero-order valence-electron chi connectivity index (χ0n) is 15.0. The molecule has 0 aliphatic rings. The molecule has 3 rings (SSSR count). The van der Waals surface area contributed by atoms with Crippen molar-refractivity contribution in [3.63, 3.8) is 0 Å². The lowest BCUT2D eigenvalue weighted by Gasteiger charge is -2.08. The SMILES string of the molecule is Cc1ccc(NC(=O)Cc2csc(=Nc3ccc(Cl)cc3F)n2C)c(Cl)c1.Cl. The highest BCUT2D eigenvalue weighted by Crippen LogP contribution is 2.23. The van der Waals surface area contributed by atoms with E-state index in [4.69, 9.17) is 23.2 Å². The van der Waals surface area contributed by atoms with Crippen LogP contribution in [-0.2, 0) is 18.3 Å². The number of hydrogen-bond acceptors (Lipinski definition) is 3. The highest BCUT2D eigenvalue weighted by atomic mass is 35.5. The number of thiazole rings is 1. The zero-order valence-corrected chi connectivity index (χ0v) is 18.1. The Balaban J connectivity index is 0.00000280. The number of aromatic nitrogens is 1. The summed E-state index contributed by atoms with van der Waals surface area (Å²) in [7, 11) is 1.78. The molecule has 4 nitrogen and oxygen atoms in total. The highest BCUT2D eigenvalue weighted by molar-refractivity contribution is 7.07. The van der Waals surface area contributed by atoms with Gasteiger partial charge in [0.05, 0.1) is 17.1 Å². The van der Waals surface area contributed by atoms with Gasteiger partial charge in [-0.1, -0.05) is 29.3 Å². The Hall–Kier alpha value is -1.86. The normalized spacial score (nSPS) is 11.2. The van der Waals surface area contributed by atoms with Gasteiger partial charge in [-0.3, -0.25) is 4.79 Å². The van der Waals surface area contributed by atoms with Crippen LogP contribution >= 0.6 is 46.9 Å². The number of halogens is 4. The molecule has 1 amide bonds. The van der Waals surface area contributed by atoms with E-state index in [2.05, 4.69) is 10.3 Å². The standard InChI is InChI=1S/C19H16Cl2FN3OS.ClH/c1-11-3-5-16(14(21)7-11)23-18(26)9-13-10-27-19(25(13)2)24-17-6-4-12(20)8-15(17)22;/h3-8,10H,9H2,1-2H3,(H,23,26);1H. The first-order chi connectivity index (χ1) is 12.8. The van der Waals surface area contributed by atoms with Crippen molar-refractivity contribution < 1.29 is 9.18 Å². The van der Waals surface area contributed by atoms with Crippen molar-refractivity contribution in [2.75, 3.05) is 5.32 Å². The molecule has 9 heteroatoms. The third-order valence-corrected chi connectivity index (χ3v) is 5.40. The van der Waals surface area contributed by atoms with Crippen LogP contribution in [0, 0.1) is 12.7 Å². The Morgan fingerprint density at radius 3 is 2.68 bits per heavy atom. The molecule has 1 aromatic heterocycles. The van der Waals surface area contributed by atoms with Crippen molar-refractivity contribution in [1.82, 2.24) is 4.57 Å². The molecule has 0 atom stereocenters. The average Bonchev–Trinajstić information content (AvgIpc) is 2.93. The number of carbonyl (C=O) groups is 1. The van der Waals surface area contributed by atoms with Crippen molar-refractivity contribution in [2.45, 2.75) is 13.3 Å². The quantitative estimate of drug-likeness (QED) is 0.535. The molecule has 148 valence electrons. The summed E-state index contributed by atoms with van der Waals surface area (Å²) in [4.78, 5) is 17.2. The minimum Gasteiger partial charge on any atom is -0.324 e. The molecule has 1 heterocycles. The molecule has 0 saturated carbocycles. The average molecular weight is 461 g/mol. The maximum Gasteiger partial charge on any atom is 0.230 e. The molecule has 2 aromatic carbocycles. The van der Waals surface area contributed by atoms with E-state index >= 15 is 0 Å². The van der Waals surface area contributed by atoms with Gasteiger partial charge in [-0.05, 0) is 42.8 Å². The number of anilines is 1. The molecule has 0 unspecified atom stereocenters. The van der Waals surface area contributed by atoms with Gasteiger partial charge in [0, 0.05) is 23.1 Å². The maximum absolute atomic E-state index is 13.9. The van der Waals surface area contributed by atoms with Crippen molar-refractivity contribution >= 4 is 64.2 Å². The third kappa shape index (κ3) is 5.35.